The summed E-state index contributed by atoms with van der Waals surface area (Å²) < 4.78 is 0. The number of hydrogen-bond donors (Lipinski definition) is 2. The molecule has 7 heteroatoms. The van der Waals surface area contributed by atoms with Crippen LogP contribution < -0.4 is 10.2 Å². The number of nitrogens with one attached hydrogen (secondary N) is 2. The minimum atomic E-state index is -0.234. The van der Waals surface area contributed by atoms with Crippen LogP contribution in [0.15, 0.2) is 15.6 Å². The smallest absolute Gasteiger partial charge is 0.305 e. The van der Waals surface area contributed by atoms with Crippen LogP contribution in [-0.4, -0.2) is 22.4 Å². The van der Waals surface area contributed by atoms with E-state index in [0.29, 0.717) is 18.2 Å². The molecule has 3 rings (SSSR count). The van der Waals surface area contributed by atoms with E-state index < -0.39 is 0 Å². The number of H-pyrrole nitrogens is 1. The molecule has 1 aliphatic rings. The zero-order valence-corrected chi connectivity index (χ0v) is 13.9. The van der Waals surface area contributed by atoms with E-state index in [1.54, 1.807) is 16.7 Å². The van der Waals surface area contributed by atoms with Crippen molar-refractivity contribution in [2.45, 2.75) is 44.4 Å². The average Bonchev–Trinajstić information content (AvgIpc) is 3.17. The molecule has 0 saturated heterocycles. The first-order valence-electron chi connectivity index (χ1n) is 7.62. The van der Waals surface area contributed by atoms with E-state index in [2.05, 4.69) is 15.7 Å². The normalized spacial score (nSPS) is 15.8. The number of rotatable bonds is 5. The van der Waals surface area contributed by atoms with Gasteiger partial charge in [0.25, 0.3) is 5.91 Å². The predicted molar refractivity (Wildman–Crippen MR) is 88.9 cm³/mol. The fourth-order valence-electron chi connectivity index (χ4n) is 2.80. The monoisotopic (exact) mass is 337 g/mol. The molecule has 0 atom stereocenters. The van der Waals surface area contributed by atoms with Crippen molar-refractivity contribution in [1.82, 2.24) is 15.3 Å². The van der Waals surface area contributed by atoms with Crippen LogP contribution in [0.4, 0.5) is 0 Å². The standard InChI is InChI=1S/C15H19N3O2S2/c19-14(12-9-22-15(20)18-12)16-7-6-13-17-11(8-21-13)10-4-2-1-3-5-10/h8-10H,1-7H2,(H,16,19)(H,18,20). The highest BCUT2D eigenvalue weighted by Crippen LogP contribution is 2.33. The molecule has 0 bridgehead atoms. The van der Waals surface area contributed by atoms with Crippen LogP contribution in [0.25, 0.3) is 0 Å². The lowest BCUT2D eigenvalue weighted by Gasteiger charge is -2.19. The minimum absolute atomic E-state index is 0.206. The molecular weight excluding hydrogens is 318 g/mol. The molecule has 118 valence electrons. The lowest BCUT2D eigenvalue weighted by atomic mass is 9.87. The number of nitrogens with zero attached hydrogens (tertiary/aromatic N) is 1. The van der Waals surface area contributed by atoms with Gasteiger partial charge >= 0.3 is 4.87 Å². The van der Waals surface area contributed by atoms with E-state index in [9.17, 15) is 9.59 Å². The van der Waals surface area contributed by atoms with Crippen molar-refractivity contribution in [3.8, 4) is 0 Å². The molecule has 0 unspecified atom stereocenters. The van der Waals surface area contributed by atoms with E-state index in [1.165, 1.54) is 37.8 Å². The number of carbonyl (C=O) groups is 1. The Bertz CT molecular complexity index is 683. The number of aromatic nitrogens is 2. The van der Waals surface area contributed by atoms with Crippen molar-refractivity contribution in [2.75, 3.05) is 6.54 Å². The van der Waals surface area contributed by atoms with Gasteiger partial charge in [-0.1, -0.05) is 30.6 Å². The summed E-state index contributed by atoms with van der Waals surface area (Å²) >= 11 is 2.68. The predicted octanol–water partition coefficient (Wildman–Crippen LogP) is 2.91. The maximum Gasteiger partial charge on any atom is 0.305 e. The number of amides is 1. The topological polar surface area (TPSA) is 74.8 Å². The number of aromatic amines is 1. The van der Waals surface area contributed by atoms with Crippen LogP contribution in [0, 0.1) is 0 Å². The van der Waals surface area contributed by atoms with Crippen molar-refractivity contribution in [1.29, 1.82) is 0 Å². The van der Waals surface area contributed by atoms with Crippen LogP contribution in [0.2, 0.25) is 0 Å². The van der Waals surface area contributed by atoms with Crippen molar-refractivity contribution in [2.24, 2.45) is 0 Å². The number of thiazole rings is 2. The Labute approximate surface area is 136 Å². The van der Waals surface area contributed by atoms with Crippen LogP contribution >= 0.6 is 22.7 Å². The second kappa shape index (κ2) is 7.19. The highest BCUT2D eigenvalue weighted by molar-refractivity contribution is 7.09. The molecule has 2 heterocycles. The molecule has 1 saturated carbocycles. The highest BCUT2D eigenvalue weighted by atomic mass is 32.1. The number of hydrogen-bond acceptors (Lipinski definition) is 5. The van der Waals surface area contributed by atoms with Gasteiger partial charge in [0, 0.05) is 29.6 Å². The quantitative estimate of drug-likeness (QED) is 0.881. The third kappa shape index (κ3) is 3.84. The summed E-state index contributed by atoms with van der Waals surface area (Å²) in [6.45, 7) is 0.536. The fraction of sp³-hybridized carbons (Fsp3) is 0.533. The van der Waals surface area contributed by atoms with Gasteiger partial charge < -0.3 is 10.3 Å². The van der Waals surface area contributed by atoms with Crippen molar-refractivity contribution < 1.29 is 4.79 Å². The molecule has 5 nitrogen and oxygen atoms in total. The lowest BCUT2D eigenvalue weighted by molar-refractivity contribution is 0.0949. The first-order chi connectivity index (χ1) is 10.7. The summed E-state index contributed by atoms with van der Waals surface area (Å²) in [5.74, 6) is 0.395. The van der Waals surface area contributed by atoms with Gasteiger partial charge in [0.15, 0.2) is 0 Å². The average molecular weight is 337 g/mol. The summed E-state index contributed by atoms with van der Waals surface area (Å²) in [7, 11) is 0. The maximum absolute atomic E-state index is 11.8. The maximum atomic E-state index is 11.8. The molecule has 22 heavy (non-hydrogen) atoms. The lowest BCUT2D eigenvalue weighted by Crippen LogP contribution is -2.26. The van der Waals surface area contributed by atoms with Gasteiger partial charge in [0.05, 0.1) is 10.7 Å². The Kier molecular flexibility index (Phi) is 5.04. The summed E-state index contributed by atoms with van der Waals surface area (Å²) in [4.78, 5) is 29.8. The Morgan fingerprint density at radius 2 is 2.09 bits per heavy atom. The third-order valence-corrected chi connectivity index (χ3v) is 5.58. The van der Waals surface area contributed by atoms with Gasteiger partial charge in [-0.25, -0.2) is 4.98 Å². The van der Waals surface area contributed by atoms with Crippen molar-refractivity contribution in [3.05, 3.63) is 36.8 Å². The summed E-state index contributed by atoms with van der Waals surface area (Å²) in [6.07, 6.45) is 7.22. The van der Waals surface area contributed by atoms with Crippen molar-refractivity contribution >= 4 is 28.6 Å². The summed E-state index contributed by atoms with van der Waals surface area (Å²) in [5, 5.41) is 7.60. The van der Waals surface area contributed by atoms with Gasteiger partial charge in [-0.3, -0.25) is 9.59 Å². The van der Waals surface area contributed by atoms with E-state index >= 15 is 0 Å². The Hall–Kier alpha value is -1.47. The van der Waals surface area contributed by atoms with Crippen molar-refractivity contribution in [3.63, 3.8) is 0 Å². The molecular formula is C15H19N3O2S2. The zero-order chi connectivity index (χ0) is 15.4. The zero-order valence-electron chi connectivity index (χ0n) is 12.3. The Morgan fingerprint density at radius 1 is 1.27 bits per heavy atom. The van der Waals surface area contributed by atoms with E-state index in [0.717, 1.165) is 22.8 Å². The van der Waals surface area contributed by atoms with E-state index in [1.807, 2.05) is 0 Å². The Balaban J connectivity index is 1.48. The second-order valence-electron chi connectivity index (χ2n) is 5.57. The number of carbonyl (C=O) groups excluding carboxylic acids is 1. The fourth-order valence-corrected chi connectivity index (χ4v) is 4.24. The van der Waals surface area contributed by atoms with Gasteiger partial charge in [-0.2, -0.15) is 0 Å². The van der Waals surface area contributed by atoms with Crippen LogP contribution in [0.5, 0.6) is 0 Å². The molecule has 1 aliphatic carbocycles. The SMILES string of the molecule is O=C(NCCc1nc(C2CCCCC2)cs1)c1csc(=O)[nH]1. The largest absolute Gasteiger partial charge is 0.350 e. The minimum Gasteiger partial charge on any atom is -0.350 e. The third-order valence-electron chi connectivity index (χ3n) is 3.98. The Morgan fingerprint density at radius 3 is 2.82 bits per heavy atom. The van der Waals surface area contributed by atoms with Gasteiger partial charge in [0.2, 0.25) is 0 Å². The van der Waals surface area contributed by atoms with Crippen LogP contribution in [0.1, 0.15) is 59.2 Å². The highest BCUT2D eigenvalue weighted by Gasteiger charge is 2.18. The van der Waals surface area contributed by atoms with E-state index in [4.69, 9.17) is 4.98 Å². The first kappa shape index (κ1) is 15.4. The molecule has 1 amide bonds. The first-order valence-corrected chi connectivity index (χ1v) is 9.38. The summed E-state index contributed by atoms with van der Waals surface area (Å²) in [5.41, 5.74) is 1.56. The molecule has 1 fully saturated rings. The molecule has 2 aromatic heterocycles. The van der Waals surface area contributed by atoms with Crippen LogP contribution in [-0.2, 0) is 6.42 Å². The van der Waals surface area contributed by atoms with Gasteiger partial charge in [-0.15, -0.1) is 11.3 Å². The van der Waals surface area contributed by atoms with Crippen LogP contribution in [0.3, 0.4) is 0 Å². The molecule has 2 aromatic rings. The second-order valence-corrected chi connectivity index (χ2v) is 7.35. The summed E-state index contributed by atoms with van der Waals surface area (Å²) in [6, 6.07) is 0. The molecule has 0 aromatic carbocycles. The molecule has 0 aliphatic heterocycles. The van der Waals surface area contributed by atoms with E-state index in [-0.39, 0.29) is 10.8 Å². The van der Waals surface area contributed by atoms with Gasteiger partial charge in [0.1, 0.15) is 5.69 Å². The molecule has 0 spiro atoms. The molecule has 2 N–H and O–H groups in total. The molecule has 0 radical (unpaired) electrons. The van der Waals surface area contributed by atoms with Gasteiger partial charge in [-0.05, 0) is 12.8 Å².